The van der Waals surface area contributed by atoms with Gasteiger partial charge in [0.15, 0.2) is 0 Å². The highest BCUT2D eigenvalue weighted by Gasteiger charge is 2.08. The molecule has 1 aromatic heterocycles. The second-order valence-corrected chi connectivity index (χ2v) is 4.72. The molecule has 0 saturated heterocycles. The summed E-state index contributed by atoms with van der Waals surface area (Å²) in [7, 11) is 1.66. The van der Waals surface area contributed by atoms with Crippen LogP contribution in [0, 0.1) is 6.92 Å². The standard InChI is InChI=1S/C12H15N3OS/c1-8-11(7-14-13)17-12(15-8)9-3-5-10(16-2)6-4-9/h3-6,14H,7,13H2,1-2H3. The highest BCUT2D eigenvalue weighted by Crippen LogP contribution is 2.28. The van der Waals surface area contributed by atoms with Gasteiger partial charge in [-0.15, -0.1) is 11.3 Å². The largest absolute Gasteiger partial charge is 0.497 e. The predicted molar refractivity (Wildman–Crippen MR) is 69.9 cm³/mol. The first-order valence-corrected chi connectivity index (χ1v) is 6.10. The molecule has 0 atom stereocenters. The van der Waals surface area contributed by atoms with Crippen molar-refractivity contribution in [3.63, 3.8) is 0 Å². The molecule has 0 aliphatic rings. The summed E-state index contributed by atoms with van der Waals surface area (Å²) in [6, 6.07) is 7.90. The van der Waals surface area contributed by atoms with Gasteiger partial charge in [-0.3, -0.25) is 11.3 Å². The van der Waals surface area contributed by atoms with E-state index in [2.05, 4.69) is 10.4 Å². The van der Waals surface area contributed by atoms with E-state index in [0.29, 0.717) is 6.54 Å². The molecule has 0 fully saturated rings. The number of methoxy groups -OCH3 is 1. The third-order valence-corrected chi connectivity index (χ3v) is 3.70. The van der Waals surface area contributed by atoms with Gasteiger partial charge in [-0.1, -0.05) is 0 Å². The molecule has 1 heterocycles. The molecule has 17 heavy (non-hydrogen) atoms. The number of hydrogen-bond donors (Lipinski definition) is 2. The Labute approximate surface area is 104 Å². The van der Waals surface area contributed by atoms with E-state index < -0.39 is 0 Å². The van der Waals surface area contributed by atoms with Crippen molar-refractivity contribution < 1.29 is 4.74 Å². The van der Waals surface area contributed by atoms with Crippen LogP contribution in [-0.2, 0) is 6.54 Å². The third kappa shape index (κ3) is 2.63. The van der Waals surface area contributed by atoms with Gasteiger partial charge >= 0.3 is 0 Å². The molecule has 2 aromatic rings. The summed E-state index contributed by atoms with van der Waals surface area (Å²) >= 11 is 1.66. The topological polar surface area (TPSA) is 60.2 Å². The molecule has 0 aliphatic carbocycles. The number of nitrogens with two attached hydrogens (primary N) is 1. The minimum atomic E-state index is 0.652. The summed E-state index contributed by atoms with van der Waals surface area (Å²) in [6.07, 6.45) is 0. The predicted octanol–water partition coefficient (Wildman–Crippen LogP) is 2.09. The Morgan fingerprint density at radius 2 is 2.06 bits per heavy atom. The maximum atomic E-state index is 5.33. The van der Waals surface area contributed by atoms with Gasteiger partial charge in [0, 0.05) is 17.0 Å². The molecular formula is C12H15N3OS. The summed E-state index contributed by atoms with van der Waals surface area (Å²) in [5.74, 6) is 6.18. The number of ether oxygens (including phenoxy) is 1. The van der Waals surface area contributed by atoms with E-state index in [-0.39, 0.29) is 0 Å². The molecule has 90 valence electrons. The number of nitrogens with zero attached hydrogens (tertiary/aromatic N) is 1. The van der Waals surface area contributed by atoms with Gasteiger partial charge in [0.2, 0.25) is 0 Å². The highest BCUT2D eigenvalue weighted by molar-refractivity contribution is 7.15. The lowest BCUT2D eigenvalue weighted by atomic mass is 10.2. The summed E-state index contributed by atoms with van der Waals surface area (Å²) < 4.78 is 5.13. The van der Waals surface area contributed by atoms with Crippen LogP contribution in [0.15, 0.2) is 24.3 Å². The fourth-order valence-electron chi connectivity index (χ4n) is 1.54. The third-order valence-electron chi connectivity index (χ3n) is 2.49. The van der Waals surface area contributed by atoms with E-state index in [4.69, 9.17) is 10.6 Å². The zero-order valence-electron chi connectivity index (χ0n) is 9.86. The van der Waals surface area contributed by atoms with Crippen LogP contribution in [0.5, 0.6) is 5.75 Å². The van der Waals surface area contributed by atoms with Crippen LogP contribution >= 0.6 is 11.3 Å². The second kappa shape index (κ2) is 5.27. The molecule has 5 heteroatoms. The summed E-state index contributed by atoms with van der Waals surface area (Å²) in [6.45, 7) is 2.65. The van der Waals surface area contributed by atoms with Crippen molar-refractivity contribution >= 4 is 11.3 Å². The molecule has 0 bridgehead atoms. The lowest BCUT2D eigenvalue weighted by molar-refractivity contribution is 0.415. The van der Waals surface area contributed by atoms with Crippen LogP contribution in [0.1, 0.15) is 10.6 Å². The molecule has 0 unspecified atom stereocenters. The lowest BCUT2D eigenvalue weighted by Crippen LogP contribution is -2.20. The summed E-state index contributed by atoms with van der Waals surface area (Å²) in [5.41, 5.74) is 4.78. The van der Waals surface area contributed by atoms with Crippen LogP contribution in [-0.4, -0.2) is 12.1 Å². The minimum absolute atomic E-state index is 0.652. The van der Waals surface area contributed by atoms with Crippen molar-refractivity contribution in [3.05, 3.63) is 34.8 Å². The first kappa shape index (κ1) is 12.0. The Kier molecular flexibility index (Phi) is 3.73. The van der Waals surface area contributed by atoms with Gasteiger partial charge in [0.1, 0.15) is 10.8 Å². The van der Waals surface area contributed by atoms with Gasteiger partial charge in [-0.25, -0.2) is 4.98 Å². The Hall–Kier alpha value is -1.43. The van der Waals surface area contributed by atoms with Crippen molar-refractivity contribution in [2.75, 3.05) is 7.11 Å². The molecule has 0 saturated carbocycles. The maximum Gasteiger partial charge on any atom is 0.123 e. The van der Waals surface area contributed by atoms with E-state index in [1.54, 1.807) is 18.4 Å². The Morgan fingerprint density at radius 3 is 2.65 bits per heavy atom. The summed E-state index contributed by atoms with van der Waals surface area (Å²) in [4.78, 5) is 5.70. The molecular weight excluding hydrogens is 234 g/mol. The zero-order valence-corrected chi connectivity index (χ0v) is 10.7. The molecule has 1 aromatic carbocycles. The number of hydrogen-bond acceptors (Lipinski definition) is 5. The first-order chi connectivity index (χ1) is 8.24. The SMILES string of the molecule is COc1ccc(-c2nc(C)c(CNN)s2)cc1. The quantitative estimate of drug-likeness (QED) is 0.643. The van der Waals surface area contributed by atoms with E-state index >= 15 is 0 Å². The summed E-state index contributed by atoms with van der Waals surface area (Å²) in [5, 5.41) is 1.01. The number of nitrogens with one attached hydrogen (secondary N) is 1. The second-order valence-electron chi connectivity index (χ2n) is 3.64. The Morgan fingerprint density at radius 1 is 1.35 bits per heavy atom. The average Bonchev–Trinajstić information content (AvgIpc) is 2.72. The number of hydrazine groups is 1. The van der Waals surface area contributed by atoms with Gasteiger partial charge < -0.3 is 4.74 Å². The van der Waals surface area contributed by atoms with E-state index in [1.165, 1.54) is 4.88 Å². The fourth-order valence-corrected chi connectivity index (χ4v) is 2.56. The van der Waals surface area contributed by atoms with Crippen LogP contribution in [0.3, 0.4) is 0 Å². The lowest BCUT2D eigenvalue weighted by Gasteiger charge is -2.00. The molecule has 0 aliphatic heterocycles. The van der Waals surface area contributed by atoms with E-state index in [0.717, 1.165) is 22.0 Å². The van der Waals surface area contributed by atoms with Gasteiger partial charge in [0.05, 0.1) is 12.8 Å². The number of aromatic nitrogens is 1. The monoisotopic (exact) mass is 249 g/mol. The number of rotatable bonds is 4. The minimum Gasteiger partial charge on any atom is -0.497 e. The molecule has 3 N–H and O–H groups in total. The fraction of sp³-hybridized carbons (Fsp3) is 0.250. The van der Waals surface area contributed by atoms with Crippen LogP contribution < -0.4 is 16.0 Å². The van der Waals surface area contributed by atoms with E-state index in [1.807, 2.05) is 31.2 Å². The van der Waals surface area contributed by atoms with Gasteiger partial charge in [-0.05, 0) is 31.2 Å². The van der Waals surface area contributed by atoms with Crippen LogP contribution in [0.25, 0.3) is 10.6 Å². The average molecular weight is 249 g/mol. The Balaban J connectivity index is 2.29. The van der Waals surface area contributed by atoms with Gasteiger partial charge in [0.25, 0.3) is 0 Å². The van der Waals surface area contributed by atoms with Crippen molar-refractivity contribution in [3.8, 4) is 16.3 Å². The molecule has 2 rings (SSSR count). The maximum absolute atomic E-state index is 5.33. The smallest absolute Gasteiger partial charge is 0.123 e. The zero-order chi connectivity index (χ0) is 12.3. The van der Waals surface area contributed by atoms with Crippen molar-refractivity contribution in [1.82, 2.24) is 10.4 Å². The number of thiazole rings is 1. The van der Waals surface area contributed by atoms with Crippen LogP contribution in [0.4, 0.5) is 0 Å². The highest BCUT2D eigenvalue weighted by atomic mass is 32.1. The van der Waals surface area contributed by atoms with Crippen LogP contribution in [0.2, 0.25) is 0 Å². The van der Waals surface area contributed by atoms with Gasteiger partial charge in [-0.2, -0.15) is 0 Å². The molecule has 0 spiro atoms. The van der Waals surface area contributed by atoms with Crippen molar-refractivity contribution in [2.24, 2.45) is 5.84 Å². The Bertz CT molecular complexity index is 493. The molecule has 0 radical (unpaired) electrons. The van der Waals surface area contributed by atoms with E-state index in [9.17, 15) is 0 Å². The normalized spacial score (nSPS) is 10.5. The molecule has 0 amide bonds. The molecule has 4 nitrogen and oxygen atoms in total. The first-order valence-electron chi connectivity index (χ1n) is 5.28. The number of benzene rings is 1. The van der Waals surface area contributed by atoms with Crippen molar-refractivity contribution in [2.45, 2.75) is 13.5 Å². The van der Waals surface area contributed by atoms with Crippen molar-refractivity contribution in [1.29, 1.82) is 0 Å². The number of aryl methyl sites for hydroxylation is 1.